The number of rotatable bonds is 9. The number of hydrogen-bond acceptors (Lipinski definition) is 2. The van der Waals surface area contributed by atoms with Crippen molar-refractivity contribution in [2.75, 3.05) is 0 Å². The Bertz CT molecular complexity index is 1140. The maximum Gasteiger partial charge on any atom is 0.243 e. The van der Waals surface area contributed by atoms with Crippen molar-refractivity contribution in [1.29, 1.82) is 0 Å². The molecule has 35 heavy (non-hydrogen) atoms. The van der Waals surface area contributed by atoms with Gasteiger partial charge in [-0.3, -0.25) is 9.59 Å². The zero-order valence-electron chi connectivity index (χ0n) is 20.4. The molecule has 3 aromatic rings. The van der Waals surface area contributed by atoms with Crippen LogP contribution in [0.2, 0.25) is 10.0 Å². The van der Waals surface area contributed by atoms with Crippen molar-refractivity contribution in [3.63, 3.8) is 0 Å². The Labute approximate surface area is 218 Å². The van der Waals surface area contributed by atoms with Crippen LogP contribution in [0.25, 0.3) is 0 Å². The Morgan fingerprint density at radius 3 is 2.20 bits per heavy atom. The standard InChI is InChI=1S/C29H32Cl2N2O2/c1-29(2,3)32-28(35)26(19-21-10-5-4-6-11-21)33(20-22-12-9-14-24(30)18-22)27(34)17-16-23-13-7-8-15-25(23)31/h4-15,18,26H,16-17,19-20H2,1-3H3,(H,32,35)/t26-/m0/s1. The lowest BCUT2D eigenvalue weighted by atomic mass is 10.00. The van der Waals surface area contributed by atoms with Crippen LogP contribution in [0.3, 0.4) is 0 Å². The SMILES string of the molecule is CC(C)(C)NC(=O)[C@H](Cc1ccccc1)N(Cc1cccc(Cl)c1)C(=O)CCc1ccccc1Cl. The molecule has 3 aromatic carbocycles. The molecule has 1 N–H and O–H groups in total. The van der Waals surface area contributed by atoms with E-state index >= 15 is 0 Å². The summed E-state index contributed by atoms with van der Waals surface area (Å²) in [6.45, 7) is 6.08. The molecule has 0 saturated carbocycles. The third-order valence-electron chi connectivity index (χ3n) is 5.58. The summed E-state index contributed by atoms with van der Waals surface area (Å²) in [5.41, 5.74) is 2.32. The minimum atomic E-state index is -0.686. The van der Waals surface area contributed by atoms with E-state index in [2.05, 4.69) is 5.32 Å². The van der Waals surface area contributed by atoms with E-state index < -0.39 is 11.6 Å². The van der Waals surface area contributed by atoms with E-state index in [0.717, 1.165) is 16.7 Å². The molecule has 3 rings (SSSR count). The molecule has 2 amide bonds. The predicted octanol–water partition coefficient (Wildman–Crippen LogP) is 6.48. The van der Waals surface area contributed by atoms with Crippen LogP contribution in [-0.2, 0) is 29.0 Å². The molecule has 184 valence electrons. The van der Waals surface area contributed by atoms with Crippen LogP contribution in [0.1, 0.15) is 43.9 Å². The molecule has 0 saturated heterocycles. The summed E-state index contributed by atoms with van der Waals surface area (Å²) in [5.74, 6) is -0.302. The minimum absolute atomic E-state index is 0.116. The number of nitrogens with zero attached hydrogens (tertiary/aromatic N) is 1. The fourth-order valence-corrected chi connectivity index (χ4v) is 4.37. The van der Waals surface area contributed by atoms with Crippen LogP contribution >= 0.6 is 23.2 Å². The molecule has 1 atom stereocenters. The van der Waals surface area contributed by atoms with Gasteiger partial charge in [-0.25, -0.2) is 0 Å². The van der Waals surface area contributed by atoms with E-state index in [0.29, 0.717) is 22.9 Å². The fourth-order valence-electron chi connectivity index (χ4n) is 3.93. The second-order valence-corrected chi connectivity index (χ2v) is 10.5. The molecular weight excluding hydrogens is 479 g/mol. The van der Waals surface area contributed by atoms with Gasteiger partial charge >= 0.3 is 0 Å². The second-order valence-electron chi connectivity index (χ2n) is 9.69. The summed E-state index contributed by atoms with van der Waals surface area (Å²) in [4.78, 5) is 28.9. The second kappa shape index (κ2) is 12.2. The monoisotopic (exact) mass is 510 g/mol. The first-order valence-electron chi connectivity index (χ1n) is 11.8. The van der Waals surface area contributed by atoms with E-state index in [1.165, 1.54) is 0 Å². The average molecular weight is 511 g/mol. The normalized spacial score (nSPS) is 12.1. The van der Waals surface area contributed by atoms with Gasteiger partial charge in [0.05, 0.1) is 0 Å². The van der Waals surface area contributed by atoms with Gasteiger partial charge in [-0.15, -0.1) is 0 Å². The predicted molar refractivity (Wildman–Crippen MR) is 144 cm³/mol. The molecule has 6 heteroatoms. The largest absolute Gasteiger partial charge is 0.350 e. The minimum Gasteiger partial charge on any atom is -0.350 e. The third kappa shape index (κ3) is 8.41. The highest BCUT2D eigenvalue weighted by molar-refractivity contribution is 6.31. The number of amides is 2. The first-order valence-corrected chi connectivity index (χ1v) is 12.5. The van der Waals surface area contributed by atoms with Gasteiger partial charge in [0.1, 0.15) is 6.04 Å². The Morgan fingerprint density at radius 1 is 0.886 bits per heavy atom. The van der Waals surface area contributed by atoms with Gasteiger partial charge in [-0.1, -0.05) is 83.9 Å². The number of hydrogen-bond donors (Lipinski definition) is 1. The summed E-state index contributed by atoms with van der Waals surface area (Å²) >= 11 is 12.6. The molecular formula is C29H32Cl2N2O2. The Kier molecular flexibility index (Phi) is 9.36. The maximum atomic E-state index is 13.7. The summed E-state index contributed by atoms with van der Waals surface area (Å²) in [6.07, 6.45) is 1.13. The summed E-state index contributed by atoms with van der Waals surface area (Å²) in [6, 6.07) is 24.0. The molecule has 0 aliphatic heterocycles. The number of carbonyl (C=O) groups is 2. The highest BCUT2D eigenvalue weighted by atomic mass is 35.5. The third-order valence-corrected chi connectivity index (χ3v) is 6.18. The van der Waals surface area contributed by atoms with Crippen LogP contribution < -0.4 is 5.32 Å². The van der Waals surface area contributed by atoms with Crippen molar-refractivity contribution < 1.29 is 9.59 Å². The van der Waals surface area contributed by atoms with Crippen LogP contribution in [0.15, 0.2) is 78.9 Å². The van der Waals surface area contributed by atoms with E-state index in [9.17, 15) is 9.59 Å². The molecule has 4 nitrogen and oxygen atoms in total. The van der Waals surface area contributed by atoms with Gasteiger partial charge in [-0.05, 0) is 62.1 Å². The van der Waals surface area contributed by atoms with E-state index in [1.54, 1.807) is 11.0 Å². The molecule has 0 radical (unpaired) electrons. The number of carbonyl (C=O) groups excluding carboxylic acids is 2. The maximum absolute atomic E-state index is 13.7. The molecule has 0 heterocycles. The number of benzene rings is 3. The van der Waals surface area contributed by atoms with Gasteiger partial charge in [0.15, 0.2) is 0 Å². The van der Waals surface area contributed by atoms with Gasteiger partial charge in [-0.2, -0.15) is 0 Å². The lowest BCUT2D eigenvalue weighted by Gasteiger charge is -2.34. The van der Waals surface area contributed by atoms with Crippen molar-refractivity contribution in [2.24, 2.45) is 0 Å². The average Bonchev–Trinajstić information content (AvgIpc) is 2.80. The Balaban J connectivity index is 1.94. The Hall–Kier alpha value is -2.82. The zero-order valence-corrected chi connectivity index (χ0v) is 21.9. The van der Waals surface area contributed by atoms with Crippen LogP contribution in [0.5, 0.6) is 0 Å². The number of aryl methyl sites for hydroxylation is 1. The van der Waals surface area contributed by atoms with Crippen molar-refractivity contribution in [2.45, 2.75) is 58.2 Å². The molecule has 0 aliphatic carbocycles. The number of nitrogens with one attached hydrogen (secondary N) is 1. The highest BCUT2D eigenvalue weighted by Crippen LogP contribution is 2.21. The molecule has 0 aliphatic rings. The summed E-state index contributed by atoms with van der Waals surface area (Å²) < 4.78 is 0. The van der Waals surface area contributed by atoms with Gasteiger partial charge in [0.2, 0.25) is 11.8 Å². The summed E-state index contributed by atoms with van der Waals surface area (Å²) in [5, 5.41) is 4.30. The van der Waals surface area contributed by atoms with Crippen LogP contribution in [0, 0.1) is 0 Å². The molecule has 0 bridgehead atoms. The number of halogens is 2. The lowest BCUT2D eigenvalue weighted by Crippen LogP contribution is -2.54. The van der Waals surface area contributed by atoms with Crippen molar-refractivity contribution in [3.05, 3.63) is 106 Å². The molecule has 0 fully saturated rings. The first-order chi connectivity index (χ1) is 16.6. The van der Waals surface area contributed by atoms with Gasteiger partial charge in [0, 0.05) is 35.0 Å². The zero-order chi connectivity index (χ0) is 25.4. The summed E-state index contributed by atoms with van der Waals surface area (Å²) in [7, 11) is 0. The first kappa shape index (κ1) is 26.8. The smallest absolute Gasteiger partial charge is 0.243 e. The molecule has 0 spiro atoms. The van der Waals surface area contributed by atoms with E-state index in [4.69, 9.17) is 23.2 Å². The lowest BCUT2D eigenvalue weighted by molar-refractivity contribution is -0.141. The van der Waals surface area contributed by atoms with Crippen LogP contribution in [-0.4, -0.2) is 28.3 Å². The molecule has 0 unspecified atom stereocenters. The van der Waals surface area contributed by atoms with Crippen molar-refractivity contribution >= 4 is 35.0 Å². The topological polar surface area (TPSA) is 49.4 Å². The van der Waals surface area contributed by atoms with Crippen LogP contribution in [0.4, 0.5) is 0 Å². The quantitative estimate of drug-likeness (QED) is 0.358. The van der Waals surface area contributed by atoms with Gasteiger partial charge < -0.3 is 10.2 Å². The fraction of sp³-hybridized carbons (Fsp3) is 0.310. The van der Waals surface area contributed by atoms with E-state index in [-0.39, 0.29) is 24.8 Å². The van der Waals surface area contributed by atoms with Crippen molar-refractivity contribution in [3.8, 4) is 0 Å². The molecule has 0 aromatic heterocycles. The highest BCUT2D eigenvalue weighted by Gasteiger charge is 2.32. The van der Waals surface area contributed by atoms with E-state index in [1.807, 2.05) is 93.6 Å². The Morgan fingerprint density at radius 2 is 1.54 bits per heavy atom. The van der Waals surface area contributed by atoms with Gasteiger partial charge in [0.25, 0.3) is 0 Å². The van der Waals surface area contributed by atoms with Crippen molar-refractivity contribution in [1.82, 2.24) is 10.2 Å².